The molecule has 4 heterocycles. The van der Waals surface area contributed by atoms with E-state index in [4.69, 9.17) is 0 Å². The summed E-state index contributed by atoms with van der Waals surface area (Å²) < 4.78 is 16.8. The van der Waals surface area contributed by atoms with Crippen molar-refractivity contribution < 1.29 is 9.50 Å². The predicted molar refractivity (Wildman–Crippen MR) is 131 cm³/mol. The molecule has 0 spiro atoms. The molecule has 1 aromatic carbocycles. The number of anilines is 1. The molecule has 3 aromatic rings. The van der Waals surface area contributed by atoms with Crippen LogP contribution >= 0.6 is 0 Å². The molecule has 0 saturated carbocycles. The number of aryl methyl sites for hydroxylation is 1. The number of aromatic nitrogens is 5. The van der Waals surface area contributed by atoms with Gasteiger partial charge in [-0.05, 0) is 63.9 Å². The first-order valence-electron chi connectivity index (χ1n) is 11.8. The van der Waals surface area contributed by atoms with E-state index < -0.39 is 11.9 Å². The van der Waals surface area contributed by atoms with E-state index in [1.54, 1.807) is 25.2 Å². The zero-order chi connectivity index (χ0) is 24.9. The minimum absolute atomic E-state index is 0.0158. The van der Waals surface area contributed by atoms with E-state index in [-0.39, 0.29) is 29.2 Å². The van der Waals surface area contributed by atoms with Crippen molar-refractivity contribution in [3.05, 3.63) is 47.1 Å². The molecule has 0 amide bonds. The number of aromatic hydroxyl groups is 1. The molecular weight excluding hydrogens is 449 g/mol. The van der Waals surface area contributed by atoms with Gasteiger partial charge in [0.25, 0.3) is 0 Å². The third kappa shape index (κ3) is 4.05. The second kappa shape index (κ2) is 8.67. The molecule has 9 nitrogen and oxygen atoms in total. The number of rotatable bonds is 4. The Kier molecular flexibility index (Phi) is 5.79. The molecule has 0 aliphatic carbocycles. The van der Waals surface area contributed by atoms with Gasteiger partial charge in [0, 0.05) is 36.8 Å². The van der Waals surface area contributed by atoms with Gasteiger partial charge in [-0.1, -0.05) is 6.07 Å². The van der Waals surface area contributed by atoms with Gasteiger partial charge in [0.15, 0.2) is 11.6 Å². The topological polar surface area (TPSA) is 100 Å². The first-order valence-corrected chi connectivity index (χ1v) is 11.8. The van der Waals surface area contributed by atoms with Crippen molar-refractivity contribution in [2.45, 2.75) is 56.4 Å². The summed E-state index contributed by atoms with van der Waals surface area (Å²) in [5.74, 6) is 0.801. The largest absolute Gasteiger partial charge is 0.507 e. The van der Waals surface area contributed by atoms with Gasteiger partial charge < -0.3 is 10.0 Å². The van der Waals surface area contributed by atoms with Gasteiger partial charge in [0.1, 0.15) is 18.2 Å². The highest BCUT2D eigenvalue weighted by Crippen LogP contribution is 2.43. The Balaban J connectivity index is 1.37. The number of halogens is 1. The van der Waals surface area contributed by atoms with Gasteiger partial charge in [-0.2, -0.15) is 4.98 Å². The molecule has 1 N–H and O–H groups in total. The van der Waals surface area contributed by atoms with Crippen LogP contribution in [0.4, 0.5) is 10.2 Å². The molecule has 0 radical (unpaired) electrons. The van der Waals surface area contributed by atoms with Gasteiger partial charge in [-0.25, -0.2) is 14.2 Å². The molecule has 10 heteroatoms. The van der Waals surface area contributed by atoms with Crippen LogP contribution < -0.4 is 10.6 Å². The molecule has 2 aliphatic rings. The van der Waals surface area contributed by atoms with Crippen LogP contribution in [0.1, 0.15) is 32.6 Å². The second-order valence-electron chi connectivity index (χ2n) is 9.98. The highest BCUT2D eigenvalue weighted by molar-refractivity contribution is 5.72. The van der Waals surface area contributed by atoms with E-state index in [9.17, 15) is 9.90 Å². The molecule has 35 heavy (non-hydrogen) atoms. The van der Waals surface area contributed by atoms with Crippen LogP contribution in [-0.2, 0) is 7.05 Å². The lowest BCUT2D eigenvalue weighted by Gasteiger charge is -2.56. The maximum atomic E-state index is 15.5. The number of phenols is 1. The SMILES string of the molecule is CN(c1ccc(-c2ccc(-c3ncn(C)c(=O)n3)cc2O)nn1)[C@@H]1C[C@@]2(C)CCC[C@@H]([C@@H]1F)N2C. The van der Waals surface area contributed by atoms with Crippen molar-refractivity contribution in [1.82, 2.24) is 29.6 Å². The van der Waals surface area contributed by atoms with Gasteiger partial charge in [0.2, 0.25) is 0 Å². The Morgan fingerprint density at radius 1 is 1.20 bits per heavy atom. The number of hydrogen-bond acceptors (Lipinski definition) is 8. The number of piperidine rings is 2. The van der Waals surface area contributed by atoms with Crippen molar-refractivity contribution in [3.63, 3.8) is 0 Å². The summed E-state index contributed by atoms with van der Waals surface area (Å²) >= 11 is 0. The highest BCUT2D eigenvalue weighted by atomic mass is 19.1. The normalized spacial score (nSPS) is 26.5. The van der Waals surface area contributed by atoms with Crippen LogP contribution in [0.25, 0.3) is 22.6 Å². The summed E-state index contributed by atoms with van der Waals surface area (Å²) in [7, 11) is 5.49. The predicted octanol–water partition coefficient (Wildman–Crippen LogP) is 2.79. The fourth-order valence-corrected chi connectivity index (χ4v) is 5.49. The Hall–Kier alpha value is -3.40. The smallest absolute Gasteiger partial charge is 0.350 e. The molecular formula is C25H30FN7O2. The maximum Gasteiger partial charge on any atom is 0.350 e. The van der Waals surface area contributed by atoms with Gasteiger partial charge >= 0.3 is 5.69 Å². The summed E-state index contributed by atoms with van der Waals surface area (Å²) in [5.41, 5.74) is 1.05. The van der Waals surface area contributed by atoms with Crippen LogP contribution in [0, 0.1) is 0 Å². The van der Waals surface area contributed by atoms with Crippen LogP contribution in [0.3, 0.4) is 0 Å². The maximum absolute atomic E-state index is 15.5. The minimum atomic E-state index is -0.964. The fraction of sp³-hybridized carbons (Fsp3) is 0.480. The number of fused-ring (bicyclic) bond motifs is 2. The highest BCUT2D eigenvalue weighted by Gasteiger charge is 2.51. The summed E-state index contributed by atoms with van der Waals surface area (Å²) in [6.45, 7) is 2.23. The summed E-state index contributed by atoms with van der Waals surface area (Å²) in [5, 5.41) is 19.3. The average molecular weight is 480 g/mol. The zero-order valence-corrected chi connectivity index (χ0v) is 20.4. The molecule has 2 saturated heterocycles. The van der Waals surface area contributed by atoms with Gasteiger partial charge in [-0.3, -0.25) is 9.47 Å². The fourth-order valence-electron chi connectivity index (χ4n) is 5.49. The van der Waals surface area contributed by atoms with Crippen molar-refractivity contribution in [3.8, 4) is 28.4 Å². The van der Waals surface area contributed by atoms with E-state index in [0.29, 0.717) is 22.6 Å². The first kappa shape index (κ1) is 23.3. The van der Waals surface area contributed by atoms with Crippen LogP contribution in [0.2, 0.25) is 0 Å². The Morgan fingerprint density at radius 3 is 2.69 bits per heavy atom. The molecule has 2 aromatic heterocycles. The number of nitrogens with zero attached hydrogens (tertiary/aromatic N) is 7. The first-order chi connectivity index (χ1) is 16.7. The quantitative estimate of drug-likeness (QED) is 0.610. The number of benzene rings is 1. The number of hydrogen-bond donors (Lipinski definition) is 1. The summed E-state index contributed by atoms with van der Waals surface area (Å²) in [6, 6.07) is 8.14. The molecule has 184 valence electrons. The molecule has 2 fully saturated rings. The van der Waals surface area contributed by atoms with Crippen LogP contribution in [0.5, 0.6) is 5.75 Å². The standard InChI is InChI=1S/C25H30FN7O2/c1-25-11-5-6-18(33(25)4)22(26)19(13-25)32(3)21-10-9-17(29-30-21)16-8-7-15(12-20(16)34)23-27-14-31(2)24(35)28-23/h7-10,12,14,18-19,22,34H,5-6,11,13H2,1-4H3/t18-,19+,22-,25+/m0/s1. The lowest BCUT2D eigenvalue weighted by molar-refractivity contribution is -0.0600. The molecule has 2 bridgehead atoms. The summed E-state index contributed by atoms with van der Waals surface area (Å²) in [6.07, 6.45) is 4.16. The third-order valence-electron chi connectivity index (χ3n) is 7.85. The molecule has 5 rings (SSSR count). The van der Waals surface area contributed by atoms with Crippen molar-refractivity contribution >= 4 is 5.82 Å². The molecule has 2 aliphatic heterocycles. The number of phenolic OH excluding ortho intramolecular Hbond substituents is 1. The van der Waals surface area contributed by atoms with E-state index in [0.717, 1.165) is 25.7 Å². The van der Waals surface area contributed by atoms with Crippen molar-refractivity contribution in [1.29, 1.82) is 0 Å². The second-order valence-corrected chi connectivity index (χ2v) is 9.98. The van der Waals surface area contributed by atoms with Gasteiger partial charge in [0.05, 0.1) is 11.7 Å². The van der Waals surface area contributed by atoms with E-state index in [1.807, 2.05) is 25.1 Å². The van der Waals surface area contributed by atoms with Crippen molar-refractivity contribution in [2.24, 2.45) is 7.05 Å². The van der Waals surface area contributed by atoms with E-state index in [2.05, 4.69) is 32.0 Å². The minimum Gasteiger partial charge on any atom is -0.507 e. The van der Waals surface area contributed by atoms with Crippen LogP contribution in [0.15, 0.2) is 41.5 Å². The Labute approximate surface area is 203 Å². The molecule has 4 atom stereocenters. The summed E-state index contributed by atoms with van der Waals surface area (Å²) in [4.78, 5) is 24.0. The zero-order valence-electron chi connectivity index (χ0n) is 20.4. The third-order valence-corrected chi connectivity index (χ3v) is 7.85. The number of alkyl halides is 1. The Bertz CT molecular complexity index is 1300. The Morgan fingerprint density at radius 2 is 2.00 bits per heavy atom. The van der Waals surface area contributed by atoms with Crippen LogP contribution in [-0.4, -0.2) is 72.6 Å². The van der Waals surface area contributed by atoms with E-state index >= 15 is 4.39 Å². The lowest BCUT2D eigenvalue weighted by Crippen LogP contribution is -2.67. The average Bonchev–Trinajstić information content (AvgIpc) is 2.84. The van der Waals surface area contributed by atoms with Gasteiger partial charge in [-0.15, -0.1) is 10.2 Å². The van der Waals surface area contributed by atoms with E-state index in [1.165, 1.54) is 17.0 Å². The monoisotopic (exact) mass is 479 g/mol. The van der Waals surface area contributed by atoms with Crippen molar-refractivity contribution in [2.75, 3.05) is 19.0 Å². The molecule has 0 unspecified atom stereocenters. The lowest BCUT2D eigenvalue weighted by atomic mass is 9.72.